The Morgan fingerprint density at radius 2 is 1.17 bits per heavy atom. The topological polar surface area (TPSA) is 93.1 Å². The van der Waals surface area contributed by atoms with Crippen molar-refractivity contribution in [3.05, 3.63) is 59.7 Å². The number of hydrogen-bond acceptors (Lipinski definition) is 6. The predicted molar refractivity (Wildman–Crippen MR) is 87.9 cm³/mol. The van der Waals surface area contributed by atoms with E-state index in [0.29, 0.717) is 11.1 Å². The van der Waals surface area contributed by atoms with Crippen LogP contribution in [0.25, 0.3) is 0 Å². The van der Waals surface area contributed by atoms with Crippen molar-refractivity contribution < 1.29 is 29.3 Å². The Kier molecular flexibility index (Phi) is 7.35. The average Bonchev–Trinajstić information content (AvgIpc) is 2.59. The summed E-state index contributed by atoms with van der Waals surface area (Å²) in [6.07, 6.45) is -2.44. The molecular formula is C18H22O6. The number of ether oxygens (including phenoxy) is 2. The summed E-state index contributed by atoms with van der Waals surface area (Å²) in [5.74, 6) is -1.35. The van der Waals surface area contributed by atoms with E-state index in [2.05, 4.69) is 13.2 Å². The van der Waals surface area contributed by atoms with E-state index < -0.39 is 24.1 Å². The lowest BCUT2D eigenvalue weighted by Gasteiger charge is -2.16. The van der Waals surface area contributed by atoms with Gasteiger partial charge in [0, 0.05) is 0 Å². The van der Waals surface area contributed by atoms with Crippen molar-refractivity contribution in [1.29, 1.82) is 0 Å². The molecule has 6 nitrogen and oxygen atoms in total. The van der Waals surface area contributed by atoms with Crippen LogP contribution in [0.15, 0.2) is 48.6 Å². The van der Waals surface area contributed by atoms with Crippen LogP contribution in [0.3, 0.4) is 0 Å². The first-order valence-electron chi connectivity index (χ1n) is 7.51. The third-order valence-electron chi connectivity index (χ3n) is 3.30. The molecule has 130 valence electrons. The molecule has 0 radical (unpaired) electrons. The Balaban J connectivity index is 2.85. The molecule has 0 aliphatic heterocycles. The van der Waals surface area contributed by atoms with Gasteiger partial charge >= 0.3 is 11.9 Å². The van der Waals surface area contributed by atoms with Crippen LogP contribution in [0.5, 0.6) is 0 Å². The van der Waals surface area contributed by atoms with Crippen LogP contribution in [0.2, 0.25) is 0 Å². The molecule has 0 saturated carbocycles. The van der Waals surface area contributed by atoms with Gasteiger partial charge in [0.25, 0.3) is 0 Å². The first kappa shape index (κ1) is 19.6. The summed E-state index contributed by atoms with van der Waals surface area (Å²) >= 11 is 0. The number of aliphatic hydroxyl groups excluding tert-OH is 2. The second-order valence-electron chi connectivity index (χ2n) is 4.96. The van der Waals surface area contributed by atoms with Crippen molar-refractivity contribution in [2.45, 2.75) is 26.1 Å². The molecule has 2 N–H and O–H groups in total. The molecule has 1 aromatic carbocycles. The minimum absolute atomic E-state index is 0.0823. The fourth-order valence-corrected chi connectivity index (χ4v) is 1.93. The second kappa shape index (κ2) is 9.00. The summed E-state index contributed by atoms with van der Waals surface area (Å²) in [5, 5.41) is 20.3. The summed E-state index contributed by atoms with van der Waals surface area (Å²) < 4.78 is 9.58. The van der Waals surface area contributed by atoms with E-state index in [1.165, 1.54) is 24.3 Å². The second-order valence-corrected chi connectivity index (χ2v) is 4.96. The summed E-state index contributed by atoms with van der Waals surface area (Å²) in [7, 11) is 0. The summed E-state index contributed by atoms with van der Waals surface area (Å²) in [6, 6.07) is 6.08. The minimum atomic E-state index is -1.22. The van der Waals surface area contributed by atoms with Gasteiger partial charge in [0.05, 0.1) is 24.4 Å². The first-order valence-corrected chi connectivity index (χ1v) is 7.51. The van der Waals surface area contributed by atoms with Crippen molar-refractivity contribution >= 4 is 11.9 Å². The Labute approximate surface area is 141 Å². The fourth-order valence-electron chi connectivity index (χ4n) is 1.93. The number of carbonyl (C=O) groups excluding carboxylic acids is 2. The molecule has 0 saturated heterocycles. The van der Waals surface area contributed by atoms with Crippen LogP contribution in [0.4, 0.5) is 0 Å². The smallest absolute Gasteiger partial charge is 0.336 e. The van der Waals surface area contributed by atoms with Gasteiger partial charge in [0.2, 0.25) is 0 Å². The van der Waals surface area contributed by atoms with Crippen molar-refractivity contribution in [3.63, 3.8) is 0 Å². The van der Waals surface area contributed by atoms with E-state index in [-0.39, 0.29) is 24.4 Å². The van der Waals surface area contributed by atoms with Gasteiger partial charge in [-0.1, -0.05) is 37.4 Å². The fraction of sp³-hybridized carbons (Fsp3) is 0.333. The highest BCUT2D eigenvalue weighted by Crippen LogP contribution is 2.26. The van der Waals surface area contributed by atoms with Crippen molar-refractivity contribution in [1.82, 2.24) is 0 Å². The molecule has 0 heterocycles. The van der Waals surface area contributed by atoms with Gasteiger partial charge in [-0.3, -0.25) is 0 Å². The number of rotatable bonds is 8. The number of esters is 2. The van der Waals surface area contributed by atoms with Crippen molar-refractivity contribution in [3.8, 4) is 0 Å². The molecule has 0 spiro atoms. The molecule has 0 aliphatic rings. The zero-order valence-corrected chi connectivity index (χ0v) is 13.8. The summed E-state index contributed by atoms with van der Waals surface area (Å²) in [6.45, 7) is 10.7. The standard InChI is InChI=1S/C18H22O6/c1-5-23-17(21)11(3)15(19)13-7-9-14(10-8-13)16(20)12(4)18(22)24-6-2/h7-10,15-16,19-20H,3-6H2,1-2H3. The highest BCUT2D eigenvalue weighted by Gasteiger charge is 2.22. The maximum absolute atomic E-state index is 11.6. The lowest BCUT2D eigenvalue weighted by atomic mass is 9.97. The SMILES string of the molecule is C=C(C(=O)OCC)C(O)c1ccc(C(O)C(=C)C(=O)OCC)cc1. The third-order valence-corrected chi connectivity index (χ3v) is 3.30. The van der Waals surface area contributed by atoms with Gasteiger partial charge in [0.1, 0.15) is 12.2 Å². The lowest BCUT2D eigenvalue weighted by Crippen LogP contribution is -2.15. The van der Waals surface area contributed by atoms with Gasteiger partial charge in [-0.25, -0.2) is 9.59 Å². The van der Waals surface area contributed by atoms with Gasteiger partial charge in [-0.15, -0.1) is 0 Å². The maximum Gasteiger partial charge on any atom is 0.336 e. The van der Waals surface area contributed by atoms with E-state index in [4.69, 9.17) is 9.47 Å². The first-order chi connectivity index (χ1) is 11.3. The maximum atomic E-state index is 11.6. The van der Waals surface area contributed by atoms with E-state index >= 15 is 0 Å². The van der Waals surface area contributed by atoms with Crippen LogP contribution in [-0.2, 0) is 19.1 Å². The Hall–Kier alpha value is -2.44. The average molecular weight is 334 g/mol. The highest BCUT2D eigenvalue weighted by molar-refractivity contribution is 5.89. The predicted octanol–water partition coefficient (Wildman–Crippen LogP) is 1.99. The zero-order valence-electron chi connectivity index (χ0n) is 13.8. The molecule has 6 heteroatoms. The normalized spacial score (nSPS) is 12.8. The van der Waals surface area contributed by atoms with E-state index in [9.17, 15) is 19.8 Å². The number of hydrogen-bond donors (Lipinski definition) is 2. The molecule has 1 rings (SSSR count). The number of carbonyl (C=O) groups is 2. The molecule has 24 heavy (non-hydrogen) atoms. The summed E-state index contributed by atoms with van der Waals surface area (Å²) in [4.78, 5) is 23.1. The van der Waals surface area contributed by atoms with Crippen LogP contribution < -0.4 is 0 Å². The number of aliphatic hydroxyl groups is 2. The summed E-state index contributed by atoms with van der Waals surface area (Å²) in [5.41, 5.74) is 0.652. The third kappa shape index (κ3) is 4.78. The van der Waals surface area contributed by atoms with Gasteiger partial charge in [0.15, 0.2) is 0 Å². The number of benzene rings is 1. The molecule has 2 unspecified atom stereocenters. The quantitative estimate of drug-likeness (QED) is 0.558. The van der Waals surface area contributed by atoms with Crippen LogP contribution >= 0.6 is 0 Å². The van der Waals surface area contributed by atoms with Crippen LogP contribution in [0.1, 0.15) is 37.2 Å². The Bertz CT molecular complexity index is 562. The highest BCUT2D eigenvalue weighted by atomic mass is 16.5. The Morgan fingerprint density at radius 3 is 1.42 bits per heavy atom. The molecule has 0 amide bonds. The molecule has 0 bridgehead atoms. The van der Waals surface area contributed by atoms with E-state index in [1.807, 2.05) is 0 Å². The molecule has 1 aromatic rings. The van der Waals surface area contributed by atoms with Crippen molar-refractivity contribution in [2.75, 3.05) is 13.2 Å². The largest absolute Gasteiger partial charge is 0.463 e. The zero-order chi connectivity index (χ0) is 18.3. The lowest BCUT2D eigenvalue weighted by molar-refractivity contribution is -0.140. The van der Waals surface area contributed by atoms with Crippen LogP contribution in [0, 0.1) is 0 Å². The van der Waals surface area contributed by atoms with Crippen LogP contribution in [-0.4, -0.2) is 35.4 Å². The van der Waals surface area contributed by atoms with Gasteiger partial charge < -0.3 is 19.7 Å². The molecule has 2 atom stereocenters. The molecule has 0 aromatic heterocycles. The van der Waals surface area contributed by atoms with E-state index in [0.717, 1.165) is 0 Å². The Morgan fingerprint density at radius 1 is 0.875 bits per heavy atom. The van der Waals surface area contributed by atoms with Gasteiger partial charge in [-0.05, 0) is 25.0 Å². The monoisotopic (exact) mass is 334 g/mol. The molecule has 0 aliphatic carbocycles. The van der Waals surface area contributed by atoms with Crippen molar-refractivity contribution in [2.24, 2.45) is 0 Å². The molecular weight excluding hydrogens is 312 g/mol. The minimum Gasteiger partial charge on any atom is -0.463 e. The van der Waals surface area contributed by atoms with Gasteiger partial charge in [-0.2, -0.15) is 0 Å². The van der Waals surface area contributed by atoms with E-state index in [1.54, 1.807) is 13.8 Å². The molecule has 0 fully saturated rings.